The van der Waals surface area contributed by atoms with E-state index in [0.29, 0.717) is 0 Å². The van der Waals surface area contributed by atoms with Crippen molar-refractivity contribution in [2.75, 3.05) is 0 Å². The zero-order valence-corrected chi connectivity index (χ0v) is 12.5. The fraction of sp³-hybridized carbons (Fsp3) is 0.471. The quantitative estimate of drug-likeness (QED) is 0.679. The summed E-state index contributed by atoms with van der Waals surface area (Å²) in [6, 6.07) is 0. The molecule has 1 aromatic heterocycles. The molecule has 2 nitrogen and oxygen atoms in total. The highest BCUT2D eigenvalue weighted by Gasteiger charge is 2.18. The molecule has 0 amide bonds. The molecular weight excluding hydrogens is 232 g/mol. The van der Waals surface area contributed by atoms with E-state index < -0.39 is 0 Å². The zero-order valence-electron chi connectivity index (χ0n) is 12.5. The summed E-state index contributed by atoms with van der Waals surface area (Å²) >= 11 is 0. The Balaban J connectivity index is 0.000000415. The van der Waals surface area contributed by atoms with Crippen LogP contribution in [0.15, 0.2) is 23.9 Å². The molecular formula is C17H24N2. The van der Waals surface area contributed by atoms with Crippen LogP contribution in [0, 0.1) is 11.8 Å². The Hall–Kier alpha value is -1.75. The van der Waals surface area contributed by atoms with Gasteiger partial charge < -0.3 is 0 Å². The van der Waals surface area contributed by atoms with Crippen LogP contribution in [0.1, 0.15) is 58.2 Å². The van der Waals surface area contributed by atoms with Crippen LogP contribution in [-0.4, -0.2) is 10.2 Å². The molecule has 1 N–H and O–H groups in total. The topological polar surface area (TPSA) is 28.7 Å². The number of fused-ring (bicyclic) bond motifs is 2. The van der Waals surface area contributed by atoms with Crippen molar-refractivity contribution in [3.05, 3.63) is 35.2 Å². The summed E-state index contributed by atoms with van der Waals surface area (Å²) in [6.07, 6.45) is 10.3. The molecule has 19 heavy (non-hydrogen) atoms. The highest BCUT2D eigenvalue weighted by atomic mass is 15.1. The molecule has 0 aliphatic heterocycles. The number of aromatic amines is 1. The van der Waals surface area contributed by atoms with E-state index in [0.717, 1.165) is 25.7 Å². The zero-order chi connectivity index (χ0) is 14.1. The fourth-order valence-electron chi connectivity index (χ4n) is 2.19. The third-order valence-corrected chi connectivity index (χ3v) is 3.00. The lowest BCUT2D eigenvalue weighted by Gasteiger charge is -2.17. The lowest BCUT2D eigenvalue weighted by molar-refractivity contribution is 0.895. The largest absolute Gasteiger partial charge is 0.278 e. The first-order chi connectivity index (χ1) is 9.45. The van der Waals surface area contributed by atoms with Gasteiger partial charge in [-0.05, 0) is 29.6 Å². The van der Waals surface area contributed by atoms with Crippen LogP contribution in [0.2, 0.25) is 0 Å². The molecule has 0 spiro atoms. The minimum Gasteiger partial charge on any atom is -0.278 e. The van der Waals surface area contributed by atoms with E-state index in [1.807, 2.05) is 33.9 Å². The number of nitrogens with zero attached hydrogens (tertiary/aromatic N) is 1. The van der Waals surface area contributed by atoms with E-state index >= 15 is 0 Å². The average Bonchev–Trinajstić information content (AvgIpc) is 2.92. The Morgan fingerprint density at radius 1 is 1.11 bits per heavy atom. The predicted molar refractivity (Wildman–Crippen MR) is 82.7 cm³/mol. The summed E-state index contributed by atoms with van der Waals surface area (Å²) in [7, 11) is 0. The molecule has 1 aromatic rings. The lowest BCUT2D eigenvalue weighted by atomic mass is 9.88. The summed E-state index contributed by atoms with van der Waals surface area (Å²) < 4.78 is 0. The Labute approximate surface area is 117 Å². The number of rotatable bonds is 0. The van der Waals surface area contributed by atoms with E-state index in [1.54, 1.807) is 0 Å². The van der Waals surface area contributed by atoms with Gasteiger partial charge in [-0.1, -0.05) is 51.7 Å². The first-order valence-electron chi connectivity index (χ1n) is 7.32. The van der Waals surface area contributed by atoms with Crippen molar-refractivity contribution in [1.29, 1.82) is 0 Å². The molecule has 0 fully saturated rings. The summed E-state index contributed by atoms with van der Waals surface area (Å²) in [5, 5.41) is 7.22. The molecule has 2 aliphatic rings. The number of hydrogen-bond donors (Lipinski definition) is 1. The van der Waals surface area contributed by atoms with Gasteiger partial charge in [0.1, 0.15) is 0 Å². The lowest BCUT2D eigenvalue weighted by Crippen LogP contribution is -2.03. The fourth-order valence-corrected chi connectivity index (χ4v) is 2.19. The van der Waals surface area contributed by atoms with Gasteiger partial charge in [-0.2, -0.15) is 5.10 Å². The van der Waals surface area contributed by atoms with Gasteiger partial charge in [0, 0.05) is 12.8 Å². The van der Waals surface area contributed by atoms with Crippen molar-refractivity contribution in [3.63, 3.8) is 0 Å². The highest BCUT2D eigenvalue weighted by molar-refractivity contribution is 5.78. The van der Waals surface area contributed by atoms with Gasteiger partial charge >= 0.3 is 0 Å². The van der Waals surface area contributed by atoms with Crippen molar-refractivity contribution in [3.8, 4) is 11.8 Å². The van der Waals surface area contributed by atoms with Gasteiger partial charge in [0.15, 0.2) is 0 Å². The SMILES string of the molecule is C1#CCC2=C(/C=C\C1)c1[nH]ncc1CC2.CC.CC. The molecule has 0 radical (unpaired) electrons. The van der Waals surface area contributed by atoms with Crippen LogP contribution in [0.25, 0.3) is 5.57 Å². The van der Waals surface area contributed by atoms with Crippen molar-refractivity contribution in [2.45, 2.75) is 53.4 Å². The number of allylic oxidation sites excluding steroid dienone is 4. The normalized spacial score (nSPS) is 16.8. The van der Waals surface area contributed by atoms with Crippen LogP contribution in [0.4, 0.5) is 0 Å². The summed E-state index contributed by atoms with van der Waals surface area (Å²) in [6.45, 7) is 8.00. The number of aryl methyl sites for hydroxylation is 1. The van der Waals surface area contributed by atoms with Crippen LogP contribution >= 0.6 is 0 Å². The third kappa shape index (κ3) is 3.61. The number of hydrogen-bond acceptors (Lipinski definition) is 1. The maximum atomic E-state index is 4.12. The van der Waals surface area contributed by atoms with Crippen LogP contribution in [0.3, 0.4) is 0 Å². The van der Waals surface area contributed by atoms with Gasteiger partial charge in [-0.15, -0.1) is 0 Å². The molecule has 2 heteroatoms. The summed E-state index contributed by atoms with van der Waals surface area (Å²) in [5.74, 6) is 6.36. The van der Waals surface area contributed by atoms with E-state index in [9.17, 15) is 0 Å². The second kappa shape index (κ2) is 8.37. The van der Waals surface area contributed by atoms with Gasteiger partial charge in [0.05, 0.1) is 11.9 Å². The minimum absolute atomic E-state index is 0.861. The molecule has 0 saturated heterocycles. The Kier molecular flexibility index (Phi) is 6.74. The number of aromatic nitrogens is 2. The molecule has 0 saturated carbocycles. The van der Waals surface area contributed by atoms with Gasteiger partial charge in [0.25, 0.3) is 0 Å². The van der Waals surface area contributed by atoms with Crippen LogP contribution in [-0.2, 0) is 6.42 Å². The molecule has 0 bridgehead atoms. The Morgan fingerprint density at radius 3 is 2.68 bits per heavy atom. The average molecular weight is 256 g/mol. The van der Waals surface area contributed by atoms with E-state index in [1.165, 1.54) is 22.4 Å². The number of H-pyrrole nitrogens is 1. The molecule has 1 heterocycles. The van der Waals surface area contributed by atoms with Gasteiger partial charge in [-0.3, -0.25) is 5.10 Å². The van der Waals surface area contributed by atoms with Crippen LogP contribution < -0.4 is 0 Å². The third-order valence-electron chi connectivity index (χ3n) is 3.00. The van der Waals surface area contributed by atoms with Gasteiger partial charge in [0.2, 0.25) is 0 Å². The van der Waals surface area contributed by atoms with E-state index in [2.05, 4.69) is 34.2 Å². The molecule has 0 aromatic carbocycles. The monoisotopic (exact) mass is 256 g/mol. The maximum Gasteiger partial charge on any atom is 0.0682 e. The predicted octanol–water partition coefficient (Wildman–Crippen LogP) is 4.52. The number of nitrogens with one attached hydrogen (secondary N) is 1. The first kappa shape index (κ1) is 15.3. The Morgan fingerprint density at radius 2 is 1.89 bits per heavy atom. The van der Waals surface area contributed by atoms with Crippen molar-refractivity contribution in [2.24, 2.45) is 0 Å². The molecule has 0 atom stereocenters. The minimum atomic E-state index is 0.861. The molecule has 102 valence electrons. The Bertz CT molecular complexity index is 507. The molecule has 0 unspecified atom stereocenters. The summed E-state index contributed by atoms with van der Waals surface area (Å²) in [4.78, 5) is 0. The second-order valence-electron chi connectivity index (χ2n) is 3.92. The van der Waals surface area contributed by atoms with E-state index in [-0.39, 0.29) is 0 Å². The smallest absolute Gasteiger partial charge is 0.0682 e. The van der Waals surface area contributed by atoms with Crippen LogP contribution in [0.5, 0.6) is 0 Å². The van der Waals surface area contributed by atoms with Crippen molar-refractivity contribution in [1.82, 2.24) is 10.2 Å². The maximum absolute atomic E-state index is 4.12. The van der Waals surface area contributed by atoms with Crippen molar-refractivity contribution < 1.29 is 0 Å². The molecule has 2 aliphatic carbocycles. The van der Waals surface area contributed by atoms with Gasteiger partial charge in [-0.25, -0.2) is 0 Å². The first-order valence-corrected chi connectivity index (χ1v) is 7.32. The van der Waals surface area contributed by atoms with Crippen molar-refractivity contribution >= 4 is 5.57 Å². The van der Waals surface area contributed by atoms with E-state index in [4.69, 9.17) is 0 Å². The highest BCUT2D eigenvalue weighted by Crippen LogP contribution is 2.32. The second-order valence-corrected chi connectivity index (χ2v) is 3.92. The standard InChI is InChI=1S/C13H12N2.2C2H6/c1-2-4-6-12-10(5-3-1)7-8-11-9-14-15-13(11)12;2*1-2/h4,6,9H,2,5,7-8H2,(H,14,15);2*1-2H3/b6-4-;;. The molecule has 3 rings (SSSR count). The summed E-state index contributed by atoms with van der Waals surface area (Å²) in [5.41, 5.74) is 5.32.